The molecule has 0 saturated heterocycles. The van der Waals surface area contributed by atoms with Crippen molar-refractivity contribution in [2.75, 3.05) is 20.8 Å². The number of aliphatic imine (C=N–C) groups is 1. The summed E-state index contributed by atoms with van der Waals surface area (Å²) in [5, 5.41) is 0. The molecule has 1 atom stereocenters. The van der Waals surface area contributed by atoms with Gasteiger partial charge in [0.2, 0.25) is 5.90 Å². The number of rotatable bonds is 4. The van der Waals surface area contributed by atoms with E-state index in [4.69, 9.17) is 9.47 Å². The maximum absolute atomic E-state index is 5.47. The van der Waals surface area contributed by atoms with Crippen molar-refractivity contribution in [1.29, 1.82) is 0 Å². The molecule has 23 heavy (non-hydrogen) atoms. The third-order valence-corrected chi connectivity index (χ3v) is 4.06. The van der Waals surface area contributed by atoms with Crippen molar-refractivity contribution >= 4 is 5.90 Å². The molecule has 1 unspecified atom stereocenters. The molecule has 3 nitrogen and oxygen atoms in total. The van der Waals surface area contributed by atoms with Gasteiger partial charge in [-0.05, 0) is 23.3 Å². The SMILES string of the molecule is COC1=NCC(c2ccccc2)C=C1Cc1cccc(OC)c1. The fourth-order valence-electron chi connectivity index (χ4n) is 2.88. The van der Waals surface area contributed by atoms with Gasteiger partial charge in [-0.3, -0.25) is 4.99 Å². The van der Waals surface area contributed by atoms with Gasteiger partial charge in [-0.25, -0.2) is 0 Å². The molecular formula is C20H21NO2. The largest absolute Gasteiger partial charge is 0.497 e. The summed E-state index contributed by atoms with van der Waals surface area (Å²) >= 11 is 0. The van der Waals surface area contributed by atoms with E-state index in [2.05, 4.69) is 47.5 Å². The normalized spacial score (nSPS) is 17.2. The molecule has 0 spiro atoms. The Morgan fingerprint density at radius 3 is 2.57 bits per heavy atom. The Labute approximate surface area is 137 Å². The molecule has 0 bridgehead atoms. The van der Waals surface area contributed by atoms with Crippen molar-refractivity contribution in [3.05, 3.63) is 77.4 Å². The van der Waals surface area contributed by atoms with E-state index in [0.717, 1.165) is 30.2 Å². The van der Waals surface area contributed by atoms with Crippen LogP contribution in [0.25, 0.3) is 0 Å². The maximum atomic E-state index is 5.47. The molecule has 1 aliphatic rings. The summed E-state index contributed by atoms with van der Waals surface area (Å²) in [5.74, 6) is 1.91. The van der Waals surface area contributed by atoms with Crippen molar-refractivity contribution in [3.8, 4) is 5.75 Å². The van der Waals surface area contributed by atoms with Gasteiger partial charge in [-0.2, -0.15) is 0 Å². The highest BCUT2D eigenvalue weighted by Crippen LogP contribution is 2.26. The molecule has 2 aromatic carbocycles. The molecule has 0 amide bonds. The minimum absolute atomic E-state index is 0.302. The highest BCUT2D eigenvalue weighted by molar-refractivity contribution is 5.94. The number of hydrogen-bond donors (Lipinski definition) is 0. The average Bonchev–Trinajstić information content (AvgIpc) is 2.62. The highest BCUT2D eigenvalue weighted by Gasteiger charge is 2.19. The summed E-state index contributed by atoms with van der Waals surface area (Å²) in [6.45, 7) is 0.731. The van der Waals surface area contributed by atoms with E-state index in [0.29, 0.717) is 5.92 Å². The Morgan fingerprint density at radius 1 is 1.00 bits per heavy atom. The van der Waals surface area contributed by atoms with E-state index >= 15 is 0 Å². The van der Waals surface area contributed by atoms with Crippen LogP contribution in [0.2, 0.25) is 0 Å². The molecule has 0 saturated carbocycles. The van der Waals surface area contributed by atoms with Crippen molar-refractivity contribution in [2.45, 2.75) is 12.3 Å². The molecule has 1 heterocycles. The Hall–Kier alpha value is -2.55. The molecular weight excluding hydrogens is 286 g/mol. The summed E-state index contributed by atoms with van der Waals surface area (Å²) in [7, 11) is 3.37. The summed E-state index contributed by atoms with van der Waals surface area (Å²) < 4.78 is 10.8. The smallest absolute Gasteiger partial charge is 0.211 e. The van der Waals surface area contributed by atoms with Crippen LogP contribution in [0, 0.1) is 0 Å². The molecule has 1 aliphatic heterocycles. The number of methoxy groups -OCH3 is 2. The molecule has 2 aromatic rings. The van der Waals surface area contributed by atoms with E-state index in [1.165, 1.54) is 11.1 Å². The molecule has 118 valence electrons. The standard InChI is InChI=1S/C20H21NO2/c1-22-19-10-6-7-15(12-19)11-17-13-18(14-21-20(17)23-2)16-8-4-3-5-9-16/h3-10,12-13,18H,11,14H2,1-2H3. The quantitative estimate of drug-likeness (QED) is 0.854. The second-order valence-electron chi connectivity index (χ2n) is 5.59. The summed E-state index contributed by atoms with van der Waals surface area (Å²) in [6, 6.07) is 18.6. The summed E-state index contributed by atoms with van der Waals surface area (Å²) in [4.78, 5) is 4.62. The fraction of sp³-hybridized carbons (Fsp3) is 0.250. The van der Waals surface area contributed by atoms with Crippen LogP contribution in [0.5, 0.6) is 5.75 Å². The Morgan fingerprint density at radius 2 is 1.83 bits per heavy atom. The van der Waals surface area contributed by atoms with Crippen LogP contribution in [0.1, 0.15) is 17.0 Å². The molecule has 3 heteroatoms. The Kier molecular flexibility index (Phi) is 4.77. The summed E-state index contributed by atoms with van der Waals surface area (Å²) in [6.07, 6.45) is 3.06. The maximum Gasteiger partial charge on any atom is 0.211 e. The lowest BCUT2D eigenvalue weighted by molar-refractivity contribution is 0.397. The van der Waals surface area contributed by atoms with Crippen LogP contribution in [0.15, 0.2) is 71.2 Å². The predicted octanol–water partition coefficient (Wildman–Crippen LogP) is 4.01. The molecule has 0 fully saturated rings. The summed E-state index contributed by atoms with van der Waals surface area (Å²) in [5.41, 5.74) is 3.60. The molecule has 3 rings (SSSR count). The van der Waals surface area contributed by atoms with Gasteiger partial charge < -0.3 is 9.47 Å². The van der Waals surface area contributed by atoms with Crippen LogP contribution in [0.3, 0.4) is 0 Å². The second-order valence-corrected chi connectivity index (χ2v) is 5.59. The number of nitrogens with zero attached hydrogens (tertiary/aromatic N) is 1. The number of dihydropyridines is 1. The number of hydrogen-bond acceptors (Lipinski definition) is 3. The fourth-order valence-corrected chi connectivity index (χ4v) is 2.88. The molecule has 0 radical (unpaired) electrons. The minimum Gasteiger partial charge on any atom is -0.497 e. The first-order chi connectivity index (χ1) is 11.3. The first-order valence-corrected chi connectivity index (χ1v) is 7.77. The van der Waals surface area contributed by atoms with E-state index in [1.807, 2.05) is 18.2 Å². The lowest BCUT2D eigenvalue weighted by atomic mass is 9.92. The third-order valence-electron chi connectivity index (χ3n) is 4.06. The van der Waals surface area contributed by atoms with Crippen molar-refractivity contribution < 1.29 is 9.47 Å². The first kappa shape index (κ1) is 15.3. The van der Waals surface area contributed by atoms with E-state index in [1.54, 1.807) is 14.2 Å². The molecule has 0 aromatic heterocycles. The van der Waals surface area contributed by atoms with Gasteiger partial charge in [0.1, 0.15) is 5.75 Å². The average molecular weight is 307 g/mol. The van der Waals surface area contributed by atoms with E-state index in [-0.39, 0.29) is 0 Å². The van der Waals surface area contributed by atoms with Crippen molar-refractivity contribution in [2.24, 2.45) is 4.99 Å². The van der Waals surface area contributed by atoms with Crippen LogP contribution in [0.4, 0.5) is 0 Å². The Balaban J connectivity index is 1.86. The van der Waals surface area contributed by atoms with Gasteiger partial charge in [0.15, 0.2) is 0 Å². The molecule has 0 aliphatic carbocycles. The monoisotopic (exact) mass is 307 g/mol. The van der Waals surface area contributed by atoms with Crippen molar-refractivity contribution in [1.82, 2.24) is 0 Å². The predicted molar refractivity (Wildman–Crippen MR) is 93.3 cm³/mol. The molecule has 0 N–H and O–H groups in total. The zero-order valence-electron chi connectivity index (χ0n) is 13.5. The minimum atomic E-state index is 0.302. The first-order valence-electron chi connectivity index (χ1n) is 7.77. The van der Waals surface area contributed by atoms with Gasteiger partial charge in [0.25, 0.3) is 0 Å². The number of ether oxygens (including phenoxy) is 2. The van der Waals surface area contributed by atoms with Gasteiger partial charge in [-0.15, -0.1) is 0 Å². The van der Waals surface area contributed by atoms with Crippen molar-refractivity contribution in [3.63, 3.8) is 0 Å². The zero-order valence-corrected chi connectivity index (χ0v) is 13.5. The second kappa shape index (κ2) is 7.14. The van der Waals surface area contributed by atoms with Crippen LogP contribution < -0.4 is 4.74 Å². The third kappa shape index (κ3) is 3.62. The van der Waals surface area contributed by atoms with Crippen LogP contribution >= 0.6 is 0 Å². The van der Waals surface area contributed by atoms with Crippen LogP contribution in [-0.2, 0) is 11.2 Å². The topological polar surface area (TPSA) is 30.8 Å². The van der Waals surface area contributed by atoms with Gasteiger partial charge in [0, 0.05) is 17.9 Å². The lowest BCUT2D eigenvalue weighted by Crippen LogP contribution is -2.17. The number of benzene rings is 2. The lowest BCUT2D eigenvalue weighted by Gasteiger charge is -2.21. The van der Waals surface area contributed by atoms with Gasteiger partial charge in [0.05, 0.1) is 20.8 Å². The van der Waals surface area contributed by atoms with Crippen LogP contribution in [-0.4, -0.2) is 26.7 Å². The van der Waals surface area contributed by atoms with Gasteiger partial charge >= 0.3 is 0 Å². The van der Waals surface area contributed by atoms with Gasteiger partial charge in [-0.1, -0.05) is 48.5 Å². The van der Waals surface area contributed by atoms with E-state index < -0.39 is 0 Å². The Bertz CT molecular complexity index is 719. The zero-order chi connectivity index (χ0) is 16.1. The van der Waals surface area contributed by atoms with E-state index in [9.17, 15) is 0 Å². The highest BCUT2D eigenvalue weighted by atomic mass is 16.5.